The number of hydrogen-bond donors (Lipinski definition) is 0. The molecular weight excluding hydrogens is 257 g/mol. The third-order valence-corrected chi connectivity index (χ3v) is 2.15. The molecule has 0 aliphatic heterocycles. The van der Waals surface area contributed by atoms with Gasteiger partial charge in [0.2, 0.25) is 0 Å². The van der Waals surface area contributed by atoms with E-state index in [1.165, 1.54) is 19.0 Å². The maximum absolute atomic E-state index is 13.4. The van der Waals surface area contributed by atoms with Crippen molar-refractivity contribution in [3.8, 4) is 0 Å². The lowest BCUT2D eigenvalue weighted by molar-refractivity contribution is -0.140. The van der Waals surface area contributed by atoms with Crippen molar-refractivity contribution in [1.29, 1.82) is 0 Å². The maximum Gasteiger partial charge on any atom is 0.419 e. The quantitative estimate of drug-likeness (QED) is 0.620. The largest absolute Gasteiger partial charge is 0.419 e. The second-order valence-corrected chi connectivity index (χ2v) is 3.95. The Morgan fingerprint density at radius 3 is 2.17 bits per heavy atom. The van der Waals surface area contributed by atoms with Crippen LogP contribution in [-0.4, -0.2) is 31.3 Å². The molecule has 100 valence electrons. The average Bonchev–Trinajstić information content (AvgIpc) is 2.18. The molecule has 1 aromatic carbocycles. The highest BCUT2D eigenvalue weighted by atomic mass is 19.4. The van der Waals surface area contributed by atoms with Crippen molar-refractivity contribution in [2.24, 2.45) is 0 Å². The van der Waals surface area contributed by atoms with Crippen LogP contribution in [0, 0.1) is 11.6 Å². The molecule has 1 aromatic rings. The van der Waals surface area contributed by atoms with Gasteiger partial charge in [0, 0.05) is 0 Å². The summed E-state index contributed by atoms with van der Waals surface area (Å²) in [6.45, 7) is -0.221. The number of carbonyl (C=O) groups excluding carboxylic acids is 1. The summed E-state index contributed by atoms with van der Waals surface area (Å²) in [6, 6.07) is 1.01. The third-order valence-electron chi connectivity index (χ3n) is 2.15. The molecular formula is C11H10F5NO. The summed E-state index contributed by atoms with van der Waals surface area (Å²) in [5.41, 5.74) is -2.41. The fourth-order valence-electron chi connectivity index (χ4n) is 1.36. The van der Waals surface area contributed by atoms with E-state index in [0.717, 1.165) is 0 Å². The monoisotopic (exact) mass is 267 g/mol. The first-order chi connectivity index (χ1) is 8.14. The molecule has 0 unspecified atom stereocenters. The zero-order valence-electron chi connectivity index (χ0n) is 9.61. The van der Waals surface area contributed by atoms with Crippen LogP contribution in [-0.2, 0) is 6.18 Å². The van der Waals surface area contributed by atoms with Crippen LogP contribution < -0.4 is 0 Å². The number of nitrogens with zero attached hydrogens (tertiary/aromatic N) is 1. The number of carbonyl (C=O) groups is 1. The smallest absolute Gasteiger partial charge is 0.302 e. The Bertz CT molecular complexity index is 467. The average molecular weight is 267 g/mol. The minimum atomic E-state index is -4.99. The first-order valence-corrected chi connectivity index (χ1v) is 4.87. The van der Waals surface area contributed by atoms with Gasteiger partial charge in [-0.1, -0.05) is 0 Å². The van der Waals surface area contributed by atoms with Gasteiger partial charge in [-0.2, -0.15) is 13.2 Å². The van der Waals surface area contributed by atoms with Gasteiger partial charge in [-0.25, -0.2) is 8.78 Å². The molecule has 0 atom stereocenters. The fraction of sp³-hybridized carbons (Fsp3) is 0.364. The Kier molecular flexibility index (Phi) is 4.05. The summed E-state index contributed by atoms with van der Waals surface area (Å²) in [7, 11) is 3.05. The van der Waals surface area contributed by atoms with E-state index in [4.69, 9.17) is 0 Å². The highest BCUT2D eigenvalue weighted by Crippen LogP contribution is 2.33. The van der Waals surface area contributed by atoms with E-state index >= 15 is 0 Å². The van der Waals surface area contributed by atoms with Crippen molar-refractivity contribution in [3.05, 3.63) is 34.9 Å². The standard InChI is InChI=1S/C11H10F5NO/c1-17(2)5-8(18)6-3-4-7(11(14,15)16)10(13)9(6)12/h3-4H,5H2,1-2H3. The maximum atomic E-state index is 13.4. The van der Waals surface area contributed by atoms with Crippen LogP contribution in [0.15, 0.2) is 12.1 Å². The minimum absolute atomic E-state index is 0.221. The van der Waals surface area contributed by atoms with E-state index < -0.39 is 34.7 Å². The van der Waals surface area contributed by atoms with Crippen LogP contribution in [0.4, 0.5) is 22.0 Å². The molecule has 0 saturated carbocycles. The molecule has 1 rings (SSSR count). The van der Waals surface area contributed by atoms with Gasteiger partial charge >= 0.3 is 6.18 Å². The third kappa shape index (κ3) is 3.04. The highest BCUT2D eigenvalue weighted by molar-refractivity contribution is 5.97. The number of rotatable bonds is 3. The van der Waals surface area contributed by atoms with Crippen molar-refractivity contribution in [2.75, 3.05) is 20.6 Å². The van der Waals surface area contributed by atoms with Gasteiger partial charge in [0.1, 0.15) is 0 Å². The molecule has 0 saturated heterocycles. The molecule has 0 heterocycles. The van der Waals surface area contributed by atoms with E-state index in [1.807, 2.05) is 0 Å². The molecule has 0 fully saturated rings. The van der Waals surface area contributed by atoms with E-state index in [-0.39, 0.29) is 6.54 Å². The molecule has 18 heavy (non-hydrogen) atoms. The number of benzene rings is 1. The Labute approximate surface area is 100 Å². The van der Waals surface area contributed by atoms with Crippen LogP contribution in [0.3, 0.4) is 0 Å². The number of alkyl halides is 3. The van der Waals surface area contributed by atoms with Crippen LogP contribution in [0.5, 0.6) is 0 Å². The Morgan fingerprint density at radius 2 is 1.72 bits per heavy atom. The van der Waals surface area contributed by atoms with E-state index in [1.54, 1.807) is 0 Å². The lowest BCUT2D eigenvalue weighted by Crippen LogP contribution is -2.23. The zero-order chi connectivity index (χ0) is 14.1. The van der Waals surface area contributed by atoms with Gasteiger partial charge in [-0.05, 0) is 26.2 Å². The summed E-state index contributed by atoms with van der Waals surface area (Å²) in [4.78, 5) is 12.9. The molecule has 0 radical (unpaired) electrons. The van der Waals surface area contributed by atoms with Crippen LogP contribution in [0.25, 0.3) is 0 Å². The number of likely N-dealkylation sites (N-methyl/N-ethyl adjacent to an activating group) is 1. The Morgan fingerprint density at radius 1 is 1.17 bits per heavy atom. The van der Waals surface area contributed by atoms with E-state index in [2.05, 4.69) is 0 Å². The molecule has 0 aliphatic rings. The lowest BCUT2D eigenvalue weighted by Gasteiger charge is -2.12. The number of halogens is 5. The molecule has 0 aromatic heterocycles. The Balaban J connectivity index is 3.20. The van der Waals surface area contributed by atoms with Gasteiger partial charge in [-0.3, -0.25) is 4.79 Å². The summed E-state index contributed by atoms with van der Waals surface area (Å²) in [6.07, 6.45) is -4.99. The SMILES string of the molecule is CN(C)CC(=O)c1ccc(C(F)(F)F)c(F)c1F. The molecule has 0 N–H and O–H groups in total. The summed E-state index contributed by atoms with van der Waals surface area (Å²) in [5.74, 6) is -4.60. The number of hydrogen-bond acceptors (Lipinski definition) is 2. The molecule has 7 heteroatoms. The minimum Gasteiger partial charge on any atom is -0.302 e. The highest BCUT2D eigenvalue weighted by Gasteiger charge is 2.36. The molecule has 0 amide bonds. The van der Waals surface area contributed by atoms with Crippen LogP contribution >= 0.6 is 0 Å². The van der Waals surface area contributed by atoms with Gasteiger partial charge in [-0.15, -0.1) is 0 Å². The van der Waals surface area contributed by atoms with Crippen molar-refractivity contribution >= 4 is 5.78 Å². The zero-order valence-corrected chi connectivity index (χ0v) is 9.61. The number of ketones is 1. The second kappa shape index (κ2) is 5.01. The second-order valence-electron chi connectivity index (χ2n) is 3.95. The topological polar surface area (TPSA) is 20.3 Å². The van der Waals surface area contributed by atoms with Crippen molar-refractivity contribution in [1.82, 2.24) is 4.90 Å². The van der Waals surface area contributed by atoms with Gasteiger partial charge in [0.25, 0.3) is 0 Å². The van der Waals surface area contributed by atoms with Gasteiger partial charge in [0.05, 0.1) is 17.7 Å². The van der Waals surface area contributed by atoms with E-state index in [9.17, 15) is 26.7 Å². The molecule has 0 bridgehead atoms. The first kappa shape index (κ1) is 14.6. The Hall–Kier alpha value is -1.50. The predicted octanol–water partition coefficient (Wildman–Crippen LogP) is 2.73. The normalized spacial score (nSPS) is 12.0. The number of Topliss-reactive ketones (excluding diaryl/α,β-unsaturated/α-hetero) is 1. The van der Waals surface area contributed by atoms with E-state index in [0.29, 0.717) is 12.1 Å². The first-order valence-electron chi connectivity index (χ1n) is 4.87. The molecule has 0 spiro atoms. The van der Waals surface area contributed by atoms with Crippen molar-refractivity contribution in [2.45, 2.75) is 6.18 Å². The van der Waals surface area contributed by atoms with Crippen LogP contribution in [0.1, 0.15) is 15.9 Å². The van der Waals surface area contributed by atoms with Gasteiger partial charge < -0.3 is 4.90 Å². The fourth-order valence-corrected chi connectivity index (χ4v) is 1.36. The summed E-state index contributed by atoms with van der Waals surface area (Å²) in [5, 5.41) is 0. The van der Waals surface area contributed by atoms with Crippen molar-refractivity contribution < 1.29 is 26.7 Å². The van der Waals surface area contributed by atoms with Gasteiger partial charge in [0.15, 0.2) is 17.4 Å². The lowest BCUT2D eigenvalue weighted by atomic mass is 10.1. The van der Waals surface area contributed by atoms with Crippen molar-refractivity contribution in [3.63, 3.8) is 0 Å². The summed E-state index contributed by atoms with van der Waals surface area (Å²) < 4.78 is 63.4. The van der Waals surface area contributed by atoms with Crippen LogP contribution in [0.2, 0.25) is 0 Å². The molecule has 2 nitrogen and oxygen atoms in total. The predicted molar refractivity (Wildman–Crippen MR) is 54.2 cm³/mol. The summed E-state index contributed by atoms with van der Waals surface area (Å²) >= 11 is 0. The molecule has 0 aliphatic carbocycles.